The zero-order valence-corrected chi connectivity index (χ0v) is 9.78. The maximum atomic E-state index is 11.8. The second kappa shape index (κ2) is 4.72. The van der Waals surface area contributed by atoms with Crippen LogP contribution in [0.25, 0.3) is 0 Å². The number of aromatic nitrogens is 2. The smallest absolute Gasteiger partial charge is 0.292 e. The lowest BCUT2D eigenvalue weighted by atomic mass is 10.2. The Bertz CT molecular complexity index is 651. The quantitative estimate of drug-likeness (QED) is 0.625. The predicted molar refractivity (Wildman–Crippen MR) is 64.5 cm³/mol. The summed E-state index contributed by atoms with van der Waals surface area (Å²) in [5.41, 5.74) is 5.72. The van der Waals surface area contributed by atoms with Gasteiger partial charge in [-0.05, 0) is 28.9 Å². The van der Waals surface area contributed by atoms with E-state index in [-0.39, 0.29) is 22.9 Å². The molecule has 0 aliphatic heterocycles. The number of carbonyl (C=O) groups excluding carboxylic acids is 1. The molecule has 3 N–H and O–H groups in total. The molecule has 0 unspecified atom stereocenters. The molecule has 0 bridgehead atoms. The molecule has 0 aliphatic rings. The van der Waals surface area contributed by atoms with Crippen molar-refractivity contribution in [2.45, 2.75) is 6.92 Å². The van der Waals surface area contributed by atoms with Gasteiger partial charge >= 0.3 is 0 Å². The molecule has 0 atom stereocenters. The minimum atomic E-state index is -0.729. The molecular formula is C10H9N5O4. The van der Waals surface area contributed by atoms with Crippen molar-refractivity contribution in [1.29, 1.82) is 0 Å². The van der Waals surface area contributed by atoms with Crippen molar-refractivity contribution < 1.29 is 14.3 Å². The standard InChI is InChI=1S/C10H9N5O4/c1-5-2-3-7(15(17)18)6(4-5)12-10(16)8-9(11)14-19-13-8/h2-4H,1H3,(H2,11,14)(H,12,16). The number of hydrogen-bond acceptors (Lipinski definition) is 7. The van der Waals surface area contributed by atoms with Crippen LogP contribution in [0.2, 0.25) is 0 Å². The number of nitro groups is 1. The zero-order valence-electron chi connectivity index (χ0n) is 9.78. The van der Waals surface area contributed by atoms with Crippen molar-refractivity contribution in [3.05, 3.63) is 39.6 Å². The van der Waals surface area contributed by atoms with E-state index in [1.165, 1.54) is 12.1 Å². The van der Waals surface area contributed by atoms with E-state index in [1.54, 1.807) is 13.0 Å². The summed E-state index contributed by atoms with van der Waals surface area (Å²) in [5, 5.41) is 19.8. The van der Waals surface area contributed by atoms with E-state index < -0.39 is 10.8 Å². The minimum Gasteiger partial charge on any atom is -0.379 e. The van der Waals surface area contributed by atoms with Crippen molar-refractivity contribution in [3.8, 4) is 0 Å². The summed E-state index contributed by atoms with van der Waals surface area (Å²) in [6.07, 6.45) is 0. The summed E-state index contributed by atoms with van der Waals surface area (Å²) in [6.45, 7) is 1.74. The molecule has 9 heteroatoms. The third-order valence-corrected chi connectivity index (χ3v) is 2.33. The molecule has 2 aromatic rings. The Morgan fingerprint density at radius 3 is 2.79 bits per heavy atom. The highest BCUT2D eigenvalue weighted by molar-refractivity contribution is 6.06. The number of hydrogen-bond donors (Lipinski definition) is 2. The number of nitrogen functional groups attached to an aromatic ring is 1. The third-order valence-electron chi connectivity index (χ3n) is 2.33. The van der Waals surface area contributed by atoms with Crippen LogP contribution in [0.4, 0.5) is 17.2 Å². The number of nitro benzene ring substituents is 1. The van der Waals surface area contributed by atoms with Gasteiger partial charge in [0.25, 0.3) is 11.6 Å². The van der Waals surface area contributed by atoms with Crippen molar-refractivity contribution in [3.63, 3.8) is 0 Å². The normalized spacial score (nSPS) is 10.2. The van der Waals surface area contributed by atoms with Gasteiger partial charge in [0.15, 0.2) is 0 Å². The number of benzene rings is 1. The lowest BCUT2D eigenvalue weighted by Crippen LogP contribution is -2.15. The van der Waals surface area contributed by atoms with Crippen LogP contribution in [0.3, 0.4) is 0 Å². The molecule has 2 rings (SSSR count). The number of nitrogens with zero attached hydrogens (tertiary/aromatic N) is 3. The minimum absolute atomic E-state index is 0.0531. The van der Waals surface area contributed by atoms with E-state index in [0.29, 0.717) is 0 Å². The predicted octanol–water partition coefficient (Wildman–Crippen LogP) is 1.12. The van der Waals surface area contributed by atoms with Gasteiger partial charge in [-0.25, -0.2) is 4.63 Å². The first-order valence-corrected chi connectivity index (χ1v) is 5.13. The topological polar surface area (TPSA) is 137 Å². The van der Waals surface area contributed by atoms with Crippen LogP contribution < -0.4 is 11.1 Å². The summed E-state index contributed by atoms with van der Waals surface area (Å²) in [7, 11) is 0. The molecule has 1 amide bonds. The van der Waals surface area contributed by atoms with Gasteiger partial charge in [0.05, 0.1) is 4.92 Å². The van der Waals surface area contributed by atoms with Crippen LogP contribution in [-0.2, 0) is 0 Å². The molecule has 0 saturated heterocycles. The highest BCUT2D eigenvalue weighted by atomic mass is 16.6. The van der Waals surface area contributed by atoms with Gasteiger partial charge in [0.1, 0.15) is 5.69 Å². The summed E-state index contributed by atoms with van der Waals surface area (Å²) >= 11 is 0. The van der Waals surface area contributed by atoms with Crippen molar-refractivity contribution >= 4 is 23.1 Å². The number of nitrogens with two attached hydrogens (primary N) is 1. The molecule has 0 saturated carbocycles. The largest absolute Gasteiger partial charge is 0.379 e. The average molecular weight is 263 g/mol. The fraction of sp³-hybridized carbons (Fsp3) is 0.100. The Morgan fingerprint density at radius 1 is 1.47 bits per heavy atom. The maximum Gasteiger partial charge on any atom is 0.292 e. The van der Waals surface area contributed by atoms with E-state index in [4.69, 9.17) is 5.73 Å². The van der Waals surface area contributed by atoms with Gasteiger partial charge < -0.3 is 11.1 Å². The van der Waals surface area contributed by atoms with E-state index in [9.17, 15) is 14.9 Å². The van der Waals surface area contributed by atoms with E-state index >= 15 is 0 Å². The van der Waals surface area contributed by atoms with Crippen LogP contribution in [-0.4, -0.2) is 21.1 Å². The van der Waals surface area contributed by atoms with Crippen molar-refractivity contribution in [2.75, 3.05) is 11.1 Å². The Morgan fingerprint density at radius 2 is 2.21 bits per heavy atom. The van der Waals surface area contributed by atoms with Gasteiger partial charge in [-0.3, -0.25) is 14.9 Å². The first kappa shape index (κ1) is 12.5. The van der Waals surface area contributed by atoms with E-state index in [0.717, 1.165) is 5.56 Å². The molecule has 98 valence electrons. The lowest BCUT2D eigenvalue weighted by molar-refractivity contribution is -0.383. The first-order valence-electron chi connectivity index (χ1n) is 5.13. The fourth-order valence-electron chi connectivity index (χ4n) is 1.44. The van der Waals surface area contributed by atoms with Gasteiger partial charge in [0, 0.05) is 6.07 Å². The first-order chi connectivity index (χ1) is 8.99. The number of anilines is 2. The van der Waals surface area contributed by atoms with Crippen LogP contribution >= 0.6 is 0 Å². The summed E-state index contributed by atoms with van der Waals surface area (Å²) in [6, 6.07) is 4.34. The highest BCUT2D eigenvalue weighted by Gasteiger charge is 2.20. The molecule has 19 heavy (non-hydrogen) atoms. The summed E-state index contributed by atoms with van der Waals surface area (Å²) in [5.74, 6) is -0.916. The number of nitrogens with one attached hydrogen (secondary N) is 1. The SMILES string of the molecule is Cc1ccc([N+](=O)[O-])c(NC(=O)c2nonc2N)c1. The van der Waals surface area contributed by atoms with Gasteiger partial charge in [-0.2, -0.15) is 0 Å². The fourth-order valence-corrected chi connectivity index (χ4v) is 1.44. The highest BCUT2D eigenvalue weighted by Crippen LogP contribution is 2.25. The average Bonchev–Trinajstić information content (AvgIpc) is 2.75. The van der Waals surface area contributed by atoms with Crippen molar-refractivity contribution in [1.82, 2.24) is 10.3 Å². The Hall–Kier alpha value is -2.97. The third kappa shape index (κ3) is 2.49. The van der Waals surface area contributed by atoms with E-state index in [2.05, 4.69) is 20.3 Å². The van der Waals surface area contributed by atoms with Crippen LogP contribution in [0.1, 0.15) is 16.1 Å². The van der Waals surface area contributed by atoms with E-state index in [1.807, 2.05) is 0 Å². The Labute approximate surface area is 106 Å². The van der Waals surface area contributed by atoms with Crippen molar-refractivity contribution in [2.24, 2.45) is 0 Å². The molecule has 1 aromatic carbocycles. The molecule has 0 aliphatic carbocycles. The Balaban J connectivity index is 2.33. The number of rotatable bonds is 3. The van der Waals surface area contributed by atoms with Crippen LogP contribution in [0.5, 0.6) is 0 Å². The number of aryl methyl sites for hydroxylation is 1. The molecule has 1 aromatic heterocycles. The maximum absolute atomic E-state index is 11.8. The van der Waals surface area contributed by atoms with Gasteiger partial charge in [-0.15, -0.1) is 0 Å². The molecule has 1 heterocycles. The molecule has 0 radical (unpaired) electrons. The van der Waals surface area contributed by atoms with Crippen LogP contribution in [0, 0.1) is 17.0 Å². The number of amides is 1. The summed E-state index contributed by atoms with van der Waals surface area (Å²) in [4.78, 5) is 22.1. The molecule has 0 spiro atoms. The molecule has 0 fully saturated rings. The summed E-state index contributed by atoms with van der Waals surface area (Å²) < 4.78 is 4.29. The monoisotopic (exact) mass is 263 g/mol. The zero-order chi connectivity index (χ0) is 14.0. The van der Waals surface area contributed by atoms with Crippen LogP contribution in [0.15, 0.2) is 22.8 Å². The second-order valence-corrected chi connectivity index (χ2v) is 3.73. The molecular weight excluding hydrogens is 254 g/mol. The number of carbonyl (C=O) groups is 1. The molecule has 9 nitrogen and oxygen atoms in total. The second-order valence-electron chi connectivity index (χ2n) is 3.73. The lowest BCUT2D eigenvalue weighted by Gasteiger charge is -2.05. The Kier molecular flexibility index (Phi) is 3.10. The van der Waals surface area contributed by atoms with Gasteiger partial charge in [-0.1, -0.05) is 6.07 Å². The van der Waals surface area contributed by atoms with Gasteiger partial charge in [0.2, 0.25) is 11.5 Å².